The number of unbranched alkanes of at least 4 members (excludes halogenated alkanes) is 5. The minimum atomic E-state index is -1.46. The molecule has 4 heteroatoms. The number of aliphatic hydroxyl groups is 2. The molecule has 0 radical (unpaired) electrons. The first-order valence-electron chi connectivity index (χ1n) is 7.05. The minimum absolute atomic E-state index is 0.275. The van der Waals surface area contributed by atoms with Crippen LogP contribution in [0.15, 0.2) is 24.0 Å². The minimum Gasteiger partial charge on any atom is -0.511 e. The van der Waals surface area contributed by atoms with Gasteiger partial charge in [0.2, 0.25) is 0 Å². The normalized spacial score (nSPS) is 26.2. The summed E-state index contributed by atoms with van der Waals surface area (Å²) < 4.78 is 0. The fourth-order valence-corrected chi connectivity index (χ4v) is 2.52. The van der Waals surface area contributed by atoms with E-state index in [4.69, 9.17) is 5.11 Å². The lowest BCUT2D eigenvalue weighted by atomic mass is 9.79. The van der Waals surface area contributed by atoms with Gasteiger partial charge >= 0.3 is 5.97 Å². The SMILES string of the molecule is CCCCCCCCC1(O)C=CC=C(O)C1C(=O)O. The van der Waals surface area contributed by atoms with Crippen molar-refractivity contribution < 1.29 is 20.1 Å². The zero-order valence-electron chi connectivity index (χ0n) is 11.5. The Morgan fingerprint density at radius 3 is 2.53 bits per heavy atom. The van der Waals surface area contributed by atoms with Crippen LogP contribution in [0.1, 0.15) is 51.9 Å². The van der Waals surface area contributed by atoms with Gasteiger partial charge in [0, 0.05) is 0 Å². The standard InChI is InChI=1S/C15H24O4/c1-2-3-4-5-6-7-10-15(19)11-8-9-12(16)13(15)14(17)18/h8-9,11,13,16,19H,2-7,10H2,1H3,(H,17,18). The van der Waals surface area contributed by atoms with E-state index in [0.717, 1.165) is 19.3 Å². The van der Waals surface area contributed by atoms with Gasteiger partial charge < -0.3 is 15.3 Å². The summed E-state index contributed by atoms with van der Waals surface area (Å²) in [6.45, 7) is 2.15. The van der Waals surface area contributed by atoms with Crippen LogP contribution >= 0.6 is 0 Å². The lowest BCUT2D eigenvalue weighted by Gasteiger charge is -2.32. The number of carbonyl (C=O) groups is 1. The quantitative estimate of drug-likeness (QED) is 0.591. The summed E-state index contributed by atoms with van der Waals surface area (Å²) in [5, 5.41) is 29.1. The molecule has 1 rings (SSSR count). The number of rotatable bonds is 8. The lowest BCUT2D eigenvalue weighted by Crippen LogP contribution is -2.43. The van der Waals surface area contributed by atoms with Crippen molar-refractivity contribution in [3.8, 4) is 0 Å². The fraction of sp³-hybridized carbons (Fsp3) is 0.667. The molecule has 0 aromatic heterocycles. The maximum atomic E-state index is 11.2. The van der Waals surface area contributed by atoms with Crippen LogP contribution in [0.2, 0.25) is 0 Å². The number of aliphatic hydroxyl groups excluding tert-OH is 1. The molecule has 3 N–H and O–H groups in total. The van der Waals surface area contributed by atoms with Gasteiger partial charge in [-0.25, -0.2) is 0 Å². The molecule has 1 aliphatic carbocycles. The Kier molecular flexibility index (Phi) is 6.09. The Hall–Kier alpha value is -1.29. The van der Waals surface area contributed by atoms with Gasteiger partial charge in [-0.05, 0) is 12.5 Å². The number of carboxylic acids is 1. The molecule has 1 aliphatic rings. The highest BCUT2D eigenvalue weighted by molar-refractivity contribution is 5.75. The zero-order valence-corrected chi connectivity index (χ0v) is 11.5. The third-order valence-electron chi connectivity index (χ3n) is 3.63. The highest BCUT2D eigenvalue weighted by Crippen LogP contribution is 2.33. The molecule has 0 bridgehead atoms. The summed E-state index contributed by atoms with van der Waals surface area (Å²) in [7, 11) is 0. The molecule has 0 saturated carbocycles. The fourth-order valence-electron chi connectivity index (χ4n) is 2.52. The van der Waals surface area contributed by atoms with Crippen LogP contribution in [-0.4, -0.2) is 26.9 Å². The summed E-state index contributed by atoms with van der Waals surface area (Å²) in [6.07, 6.45) is 11.1. The van der Waals surface area contributed by atoms with Gasteiger partial charge in [-0.3, -0.25) is 4.79 Å². The smallest absolute Gasteiger partial charge is 0.317 e. The average Bonchev–Trinajstić information content (AvgIpc) is 2.33. The second kappa shape index (κ2) is 7.34. The van der Waals surface area contributed by atoms with Crippen LogP contribution in [-0.2, 0) is 4.79 Å². The Morgan fingerprint density at radius 1 is 1.26 bits per heavy atom. The summed E-state index contributed by atoms with van der Waals surface area (Å²) in [5.74, 6) is -2.71. The molecule has 0 spiro atoms. The van der Waals surface area contributed by atoms with Gasteiger partial charge in [-0.2, -0.15) is 0 Å². The first kappa shape index (κ1) is 15.8. The molecule has 2 unspecified atom stereocenters. The average molecular weight is 268 g/mol. The third kappa shape index (κ3) is 4.39. The van der Waals surface area contributed by atoms with Crippen LogP contribution in [0.25, 0.3) is 0 Å². The van der Waals surface area contributed by atoms with Crippen molar-refractivity contribution in [3.05, 3.63) is 24.0 Å². The van der Waals surface area contributed by atoms with Crippen molar-refractivity contribution >= 4 is 5.97 Å². The molecule has 0 aliphatic heterocycles. The molecule has 0 aromatic rings. The maximum absolute atomic E-state index is 11.2. The number of hydrogen-bond donors (Lipinski definition) is 3. The van der Waals surface area contributed by atoms with Gasteiger partial charge in [0.15, 0.2) is 0 Å². The second-order valence-electron chi connectivity index (χ2n) is 5.23. The Morgan fingerprint density at radius 2 is 1.89 bits per heavy atom. The highest BCUT2D eigenvalue weighted by atomic mass is 16.4. The topological polar surface area (TPSA) is 77.8 Å². The molecule has 0 heterocycles. The number of carboxylic acid groups (broad SMARTS) is 1. The summed E-state index contributed by atoms with van der Waals surface area (Å²) in [4.78, 5) is 11.2. The van der Waals surface area contributed by atoms with Crippen molar-refractivity contribution in [2.75, 3.05) is 0 Å². The summed E-state index contributed by atoms with van der Waals surface area (Å²) in [6, 6.07) is 0. The van der Waals surface area contributed by atoms with E-state index in [0.29, 0.717) is 6.42 Å². The van der Waals surface area contributed by atoms with Crippen LogP contribution in [0.5, 0.6) is 0 Å². The monoisotopic (exact) mass is 268 g/mol. The van der Waals surface area contributed by atoms with E-state index in [1.807, 2.05) is 0 Å². The molecule has 2 atom stereocenters. The van der Waals surface area contributed by atoms with E-state index in [-0.39, 0.29) is 5.76 Å². The Bertz CT molecular complexity index is 359. The van der Waals surface area contributed by atoms with Crippen LogP contribution in [0, 0.1) is 5.92 Å². The van der Waals surface area contributed by atoms with Crippen molar-refractivity contribution in [2.45, 2.75) is 57.5 Å². The van der Waals surface area contributed by atoms with Crippen LogP contribution in [0.3, 0.4) is 0 Å². The third-order valence-corrected chi connectivity index (χ3v) is 3.63. The molecule has 0 amide bonds. The lowest BCUT2D eigenvalue weighted by molar-refractivity contribution is -0.149. The molecule has 0 fully saturated rings. The second-order valence-corrected chi connectivity index (χ2v) is 5.23. The van der Waals surface area contributed by atoms with E-state index in [9.17, 15) is 15.0 Å². The van der Waals surface area contributed by atoms with Crippen molar-refractivity contribution in [1.29, 1.82) is 0 Å². The molecule has 0 saturated heterocycles. The Balaban J connectivity index is 2.47. The van der Waals surface area contributed by atoms with Gasteiger partial charge in [-0.15, -0.1) is 0 Å². The zero-order chi connectivity index (χ0) is 14.3. The van der Waals surface area contributed by atoms with E-state index >= 15 is 0 Å². The van der Waals surface area contributed by atoms with E-state index in [2.05, 4.69) is 6.92 Å². The van der Waals surface area contributed by atoms with Crippen LogP contribution in [0.4, 0.5) is 0 Å². The molecule has 19 heavy (non-hydrogen) atoms. The highest BCUT2D eigenvalue weighted by Gasteiger charge is 2.43. The van der Waals surface area contributed by atoms with E-state index in [1.54, 1.807) is 0 Å². The largest absolute Gasteiger partial charge is 0.511 e. The molecule has 0 aromatic carbocycles. The predicted molar refractivity (Wildman–Crippen MR) is 73.9 cm³/mol. The van der Waals surface area contributed by atoms with E-state index < -0.39 is 17.5 Å². The van der Waals surface area contributed by atoms with Gasteiger partial charge in [0.25, 0.3) is 0 Å². The van der Waals surface area contributed by atoms with Gasteiger partial charge in [0.1, 0.15) is 17.3 Å². The molecule has 108 valence electrons. The van der Waals surface area contributed by atoms with Gasteiger partial charge in [-0.1, -0.05) is 57.6 Å². The first-order valence-corrected chi connectivity index (χ1v) is 7.05. The Labute approximate surface area is 114 Å². The van der Waals surface area contributed by atoms with Crippen molar-refractivity contribution in [1.82, 2.24) is 0 Å². The number of aliphatic carboxylic acids is 1. The molecule has 4 nitrogen and oxygen atoms in total. The molecular weight excluding hydrogens is 244 g/mol. The van der Waals surface area contributed by atoms with Crippen LogP contribution < -0.4 is 0 Å². The van der Waals surface area contributed by atoms with E-state index in [1.165, 1.54) is 37.5 Å². The van der Waals surface area contributed by atoms with Crippen molar-refractivity contribution in [3.63, 3.8) is 0 Å². The van der Waals surface area contributed by atoms with Crippen molar-refractivity contribution in [2.24, 2.45) is 5.92 Å². The number of allylic oxidation sites excluding steroid dienone is 2. The maximum Gasteiger partial charge on any atom is 0.317 e. The summed E-state index contributed by atoms with van der Waals surface area (Å²) >= 11 is 0. The predicted octanol–water partition coefficient (Wildman–Crippen LogP) is 3.18. The first-order chi connectivity index (χ1) is 9.01. The van der Waals surface area contributed by atoms with Gasteiger partial charge in [0.05, 0.1) is 0 Å². The number of hydrogen-bond acceptors (Lipinski definition) is 3. The molecular formula is C15H24O4. The summed E-state index contributed by atoms with van der Waals surface area (Å²) in [5.41, 5.74) is -1.46.